The minimum Gasteiger partial charge on any atom is -0.478 e. The fraction of sp³-hybridized carbons (Fsp3) is 0.417. The highest BCUT2D eigenvalue weighted by molar-refractivity contribution is 5.94. The van der Waals surface area contributed by atoms with Crippen molar-refractivity contribution in [3.63, 3.8) is 0 Å². The maximum absolute atomic E-state index is 11.0. The van der Waals surface area contributed by atoms with Crippen LogP contribution < -0.4 is 0 Å². The van der Waals surface area contributed by atoms with Crippen molar-refractivity contribution in [2.45, 2.75) is 60.3 Å². The summed E-state index contributed by atoms with van der Waals surface area (Å²) < 4.78 is 0. The second-order valence-corrected chi connectivity index (χ2v) is 8.00. The van der Waals surface area contributed by atoms with Gasteiger partial charge in [0.25, 0.3) is 0 Å². The standard InChI is InChI=1S/C24H32O4/c1-17(11-13-20(23(27)28)16-22(25)26)8-6-9-18(2)12-14-21-19(3)10-7-15-24(21,4)5/h6,8-9,11-12,14,16H,7,10,13,15H2,1-5H3,(H,25,26)(H,27,28). The van der Waals surface area contributed by atoms with Gasteiger partial charge in [0, 0.05) is 11.6 Å². The lowest BCUT2D eigenvalue weighted by Crippen LogP contribution is -2.19. The van der Waals surface area contributed by atoms with Gasteiger partial charge in [-0.15, -0.1) is 0 Å². The molecular weight excluding hydrogens is 352 g/mol. The van der Waals surface area contributed by atoms with E-state index in [1.165, 1.54) is 30.4 Å². The van der Waals surface area contributed by atoms with Crippen LogP contribution in [0, 0.1) is 5.41 Å². The van der Waals surface area contributed by atoms with Crippen LogP contribution in [0.25, 0.3) is 0 Å². The Morgan fingerprint density at radius 2 is 1.79 bits per heavy atom. The third-order valence-corrected chi connectivity index (χ3v) is 4.99. The van der Waals surface area contributed by atoms with Gasteiger partial charge in [-0.3, -0.25) is 0 Å². The highest BCUT2D eigenvalue weighted by Crippen LogP contribution is 2.40. The molecule has 28 heavy (non-hydrogen) atoms. The number of allylic oxidation sites excluding steroid dienone is 10. The maximum Gasteiger partial charge on any atom is 0.332 e. The van der Waals surface area contributed by atoms with E-state index in [1.807, 2.05) is 32.1 Å². The van der Waals surface area contributed by atoms with Crippen molar-refractivity contribution >= 4 is 11.9 Å². The summed E-state index contributed by atoms with van der Waals surface area (Å²) in [5, 5.41) is 17.7. The Bertz CT molecular complexity index is 783. The van der Waals surface area contributed by atoms with Gasteiger partial charge in [-0.1, -0.05) is 67.0 Å². The van der Waals surface area contributed by atoms with Crippen LogP contribution in [0.4, 0.5) is 0 Å². The molecule has 0 atom stereocenters. The average Bonchev–Trinajstić information content (AvgIpc) is 2.57. The molecule has 0 aromatic carbocycles. The first-order chi connectivity index (χ1) is 13.0. The van der Waals surface area contributed by atoms with E-state index in [9.17, 15) is 9.59 Å². The molecule has 1 aliphatic carbocycles. The minimum atomic E-state index is -1.25. The first-order valence-corrected chi connectivity index (χ1v) is 9.60. The molecule has 4 nitrogen and oxygen atoms in total. The number of rotatable bonds is 8. The first-order valence-electron chi connectivity index (χ1n) is 9.60. The van der Waals surface area contributed by atoms with Crippen molar-refractivity contribution in [2.75, 3.05) is 0 Å². The zero-order valence-corrected chi connectivity index (χ0v) is 17.6. The molecule has 0 saturated carbocycles. The van der Waals surface area contributed by atoms with Crippen molar-refractivity contribution in [2.24, 2.45) is 5.41 Å². The summed E-state index contributed by atoms with van der Waals surface area (Å²) in [6.07, 6.45) is 16.3. The number of aliphatic carboxylic acids is 2. The Morgan fingerprint density at radius 3 is 2.36 bits per heavy atom. The van der Waals surface area contributed by atoms with Crippen LogP contribution in [0.1, 0.15) is 60.3 Å². The van der Waals surface area contributed by atoms with E-state index in [1.54, 1.807) is 6.08 Å². The van der Waals surface area contributed by atoms with E-state index in [-0.39, 0.29) is 17.4 Å². The first kappa shape index (κ1) is 23.4. The Balaban J connectivity index is 2.77. The van der Waals surface area contributed by atoms with E-state index in [4.69, 9.17) is 10.2 Å². The third-order valence-electron chi connectivity index (χ3n) is 4.99. The number of carboxylic acids is 2. The van der Waals surface area contributed by atoms with Gasteiger partial charge in [-0.05, 0) is 57.4 Å². The molecule has 0 aromatic rings. The molecule has 152 valence electrons. The molecule has 0 spiro atoms. The summed E-state index contributed by atoms with van der Waals surface area (Å²) >= 11 is 0. The average molecular weight is 385 g/mol. The Hall–Kier alpha value is -2.62. The fourth-order valence-corrected chi connectivity index (χ4v) is 3.33. The van der Waals surface area contributed by atoms with Crippen LogP contribution in [0.5, 0.6) is 0 Å². The van der Waals surface area contributed by atoms with Crippen LogP contribution in [0.2, 0.25) is 0 Å². The van der Waals surface area contributed by atoms with Crippen molar-refractivity contribution in [3.8, 4) is 0 Å². The second kappa shape index (κ2) is 10.6. The molecule has 2 N–H and O–H groups in total. The Kier molecular flexibility index (Phi) is 8.90. The lowest BCUT2D eigenvalue weighted by Gasteiger charge is -2.32. The molecule has 0 aromatic heterocycles. The quantitative estimate of drug-likeness (QED) is 0.397. The van der Waals surface area contributed by atoms with Gasteiger partial charge in [0.05, 0.1) is 0 Å². The minimum absolute atomic E-state index is 0.0723. The largest absolute Gasteiger partial charge is 0.478 e. The van der Waals surface area contributed by atoms with Gasteiger partial charge in [0.2, 0.25) is 0 Å². The fourth-order valence-electron chi connectivity index (χ4n) is 3.33. The topological polar surface area (TPSA) is 74.6 Å². The Morgan fingerprint density at radius 1 is 1.11 bits per heavy atom. The summed E-state index contributed by atoms with van der Waals surface area (Å²) in [6, 6.07) is 0. The molecule has 0 unspecified atom stereocenters. The van der Waals surface area contributed by atoms with Gasteiger partial charge in [0.15, 0.2) is 0 Å². The van der Waals surface area contributed by atoms with Crippen molar-refractivity contribution in [1.82, 2.24) is 0 Å². The van der Waals surface area contributed by atoms with E-state index in [0.29, 0.717) is 0 Å². The molecule has 0 aliphatic heterocycles. The SMILES string of the molecule is CC(C=CC1=C(C)CCCC1(C)C)=CC=CC(C)=CCC(=CC(=O)O)C(=O)O. The molecule has 0 fully saturated rings. The van der Waals surface area contributed by atoms with Crippen LogP contribution >= 0.6 is 0 Å². The molecule has 1 aliphatic rings. The Labute approximate surface area is 168 Å². The van der Waals surface area contributed by atoms with Crippen molar-refractivity contribution in [3.05, 3.63) is 70.4 Å². The lowest BCUT2D eigenvalue weighted by atomic mass is 9.72. The van der Waals surface area contributed by atoms with Crippen LogP contribution in [0.15, 0.2) is 70.4 Å². The summed E-state index contributed by atoms with van der Waals surface area (Å²) in [5.74, 6) is -2.47. The van der Waals surface area contributed by atoms with E-state index in [2.05, 4.69) is 32.9 Å². The zero-order valence-electron chi connectivity index (χ0n) is 17.6. The summed E-state index contributed by atoms with van der Waals surface area (Å²) in [4.78, 5) is 21.7. The highest BCUT2D eigenvalue weighted by atomic mass is 16.4. The molecule has 0 bridgehead atoms. The predicted molar refractivity (Wildman–Crippen MR) is 114 cm³/mol. The van der Waals surface area contributed by atoms with Crippen molar-refractivity contribution in [1.29, 1.82) is 0 Å². The number of carboxylic acid groups (broad SMARTS) is 2. The van der Waals surface area contributed by atoms with Crippen LogP contribution in [0.3, 0.4) is 0 Å². The van der Waals surface area contributed by atoms with Crippen molar-refractivity contribution < 1.29 is 19.8 Å². The van der Waals surface area contributed by atoms with E-state index in [0.717, 1.165) is 17.2 Å². The lowest BCUT2D eigenvalue weighted by molar-refractivity contribution is -0.135. The van der Waals surface area contributed by atoms with Gasteiger partial charge >= 0.3 is 11.9 Å². The summed E-state index contributed by atoms with van der Waals surface area (Å²) in [5.41, 5.74) is 4.98. The van der Waals surface area contributed by atoms with E-state index >= 15 is 0 Å². The summed E-state index contributed by atoms with van der Waals surface area (Å²) in [6.45, 7) is 10.7. The van der Waals surface area contributed by atoms with Gasteiger partial charge in [0.1, 0.15) is 0 Å². The molecule has 0 amide bonds. The van der Waals surface area contributed by atoms with Crippen LogP contribution in [-0.2, 0) is 9.59 Å². The van der Waals surface area contributed by atoms with Crippen LogP contribution in [-0.4, -0.2) is 22.2 Å². The second-order valence-electron chi connectivity index (χ2n) is 8.00. The normalized spacial score (nSPS) is 19.0. The van der Waals surface area contributed by atoms with Gasteiger partial charge < -0.3 is 10.2 Å². The predicted octanol–water partition coefficient (Wildman–Crippen LogP) is 6.00. The smallest absolute Gasteiger partial charge is 0.332 e. The number of hydrogen-bond acceptors (Lipinski definition) is 2. The molecule has 1 rings (SSSR count). The molecular formula is C24H32O4. The summed E-state index contributed by atoms with van der Waals surface area (Å²) in [7, 11) is 0. The zero-order chi connectivity index (χ0) is 21.3. The number of hydrogen-bond donors (Lipinski definition) is 2. The molecule has 0 radical (unpaired) electrons. The third kappa shape index (κ3) is 7.95. The molecule has 0 heterocycles. The molecule has 0 saturated heterocycles. The van der Waals surface area contributed by atoms with Gasteiger partial charge in [-0.25, -0.2) is 9.59 Å². The maximum atomic E-state index is 11.0. The monoisotopic (exact) mass is 384 g/mol. The van der Waals surface area contributed by atoms with E-state index < -0.39 is 11.9 Å². The highest BCUT2D eigenvalue weighted by Gasteiger charge is 2.26. The van der Waals surface area contributed by atoms with Gasteiger partial charge in [-0.2, -0.15) is 0 Å². The molecule has 4 heteroatoms. The number of carbonyl (C=O) groups is 2.